The van der Waals surface area contributed by atoms with Crippen molar-refractivity contribution in [1.82, 2.24) is 9.78 Å². The zero-order chi connectivity index (χ0) is 14.5. The molecule has 102 valence electrons. The van der Waals surface area contributed by atoms with Crippen molar-refractivity contribution in [3.63, 3.8) is 0 Å². The first-order valence-corrected chi connectivity index (χ1v) is 5.70. The third-order valence-corrected chi connectivity index (χ3v) is 2.52. The second-order valence-corrected chi connectivity index (χ2v) is 4.05. The Morgan fingerprint density at radius 1 is 1.55 bits per heavy atom. The highest BCUT2D eigenvalue weighted by Crippen LogP contribution is 2.11. The molecule has 0 saturated carbocycles. The van der Waals surface area contributed by atoms with E-state index in [1.807, 2.05) is 6.07 Å². The Hall–Kier alpha value is -2.88. The summed E-state index contributed by atoms with van der Waals surface area (Å²) in [7, 11) is 0. The molecule has 0 saturated heterocycles. The fraction of sp³-hybridized carbons (Fsp3) is 0.154. The van der Waals surface area contributed by atoms with Crippen LogP contribution >= 0.6 is 0 Å². The normalized spacial score (nSPS) is 10.0. The Labute approximate surface area is 114 Å². The van der Waals surface area contributed by atoms with Gasteiger partial charge in [-0.25, -0.2) is 4.39 Å². The van der Waals surface area contributed by atoms with Crippen LogP contribution in [0.2, 0.25) is 0 Å². The van der Waals surface area contributed by atoms with Crippen LogP contribution in [0.4, 0.5) is 10.1 Å². The molecule has 1 heterocycles. The minimum atomic E-state index is -0.583. The predicted molar refractivity (Wildman–Crippen MR) is 67.6 cm³/mol. The SMILES string of the molecule is N#Cc1ccc(COC(=O)Cn2cc(N)cn2)c(F)c1. The standard InChI is InChI=1S/C13H11FN4O2/c14-12-3-9(4-15)1-2-10(12)8-20-13(19)7-18-6-11(16)5-17-18/h1-3,5-6H,7-8,16H2. The molecule has 0 radical (unpaired) electrons. The minimum Gasteiger partial charge on any atom is -0.459 e. The number of anilines is 1. The summed E-state index contributed by atoms with van der Waals surface area (Å²) in [5, 5.41) is 12.4. The lowest BCUT2D eigenvalue weighted by Crippen LogP contribution is -2.14. The van der Waals surface area contributed by atoms with Crippen LogP contribution in [0.15, 0.2) is 30.6 Å². The summed E-state index contributed by atoms with van der Waals surface area (Å²) >= 11 is 0. The van der Waals surface area contributed by atoms with Gasteiger partial charge in [-0.1, -0.05) is 6.07 Å². The molecule has 0 fully saturated rings. The number of ether oxygens (including phenoxy) is 1. The predicted octanol–water partition coefficient (Wildman–Crippen LogP) is 1.22. The van der Waals surface area contributed by atoms with E-state index in [-0.39, 0.29) is 24.3 Å². The largest absolute Gasteiger partial charge is 0.459 e. The molecule has 0 bridgehead atoms. The van der Waals surface area contributed by atoms with Crippen LogP contribution in [0.3, 0.4) is 0 Å². The first-order chi connectivity index (χ1) is 9.58. The molecule has 20 heavy (non-hydrogen) atoms. The summed E-state index contributed by atoms with van der Waals surface area (Å²) in [5.41, 5.74) is 6.31. The van der Waals surface area contributed by atoms with E-state index in [1.54, 1.807) is 0 Å². The Morgan fingerprint density at radius 2 is 2.35 bits per heavy atom. The van der Waals surface area contributed by atoms with Crippen LogP contribution in [0.1, 0.15) is 11.1 Å². The van der Waals surface area contributed by atoms with E-state index in [1.165, 1.54) is 29.2 Å². The van der Waals surface area contributed by atoms with Crippen molar-refractivity contribution in [2.45, 2.75) is 13.2 Å². The molecule has 2 rings (SSSR count). The number of halogens is 1. The molecule has 0 aliphatic rings. The summed E-state index contributed by atoms with van der Waals surface area (Å²) < 4.78 is 19.8. The first-order valence-electron chi connectivity index (χ1n) is 5.70. The average molecular weight is 274 g/mol. The average Bonchev–Trinajstić information content (AvgIpc) is 2.82. The molecule has 0 spiro atoms. The molecule has 0 amide bonds. The molecule has 6 nitrogen and oxygen atoms in total. The molecular formula is C13H11FN4O2. The second kappa shape index (κ2) is 5.84. The topological polar surface area (TPSA) is 93.9 Å². The highest BCUT2D eigenvalue weighted by molar-refractivity contribution is 5.69. The highest BCUT2D eigenvalue weighted by atomic mass is 19.1. The lowest BCUT2D eigenvalue weighted by Gasteiger charge is -2.06. The molecule has 0 unspecified atom stereocenters. The quantitative estimate of drug-likeness (QED) is 0.846. The molecular weight excluding hydrogens is 263 g/mol. The number of nitriles is 1. The molecule has 0 aliphatic carbocycles. The Morgan fingerprint density at radius 3 is 2.95 bits per heavy atom. The molecule has 2 aromatic rings. The highest BCUT2D eigenvalue weighted by Gasteiger charge is 2.09. The number of rotatable bonds is 4. The lowest BCUT2D eigenvalue weighted by atomic mass is 10.1. The number of carbonyl (C=O) groups is 1. The van der Waals surface area contributed by atoms with Gasteiger partial charge in [-0.2, -0.15) is 10.4 Å². The number of aromatic nitrogens is 2. The Bertz CT molecular complexity index is 675. The van der Waals surface area contributed by atoms with Gasteiger partial charge in [0, 0.05) is 11.8 Å². The van der Waals surface area contributed by atoms with E-state index >= 15 is 0 Å². The minimum absolute atomic E-state index is 0.102. The number of nitrogens with two attached hydrogens (primary N) is 1. The van der Waals surface area contributed by atoms with E-state index in [9.17, 15) is 9.18 Å². The maximum absolute atomic E-state index is 13.5. The fourth-order valence-corrected chi connectivity index (χ4v) is 1.54. The Balaban J connectivity index is 1.92. The van der Waals surface area contributed by atoms with Crippen molar-refractivity contribution < 1.29 is 13.9 Å². The van der Waals surface area contributed by atoms with Crippen molar-refractivity contribution in [1.29, 1.82) is 5.26 Å². The van der Waals surface area contributed by atoms with Gasteiger partial charge >= 0.3 is 5.97 Å². The van der Waals surface area contributed by atoms with Crippen LogP contribution in [0.5, 0.6) is 0 Å². The van der Waals surface area contributed by atoms with E-state index < -0.39 is 11.8 Å². The van der Waals surface area contributed by atoms with Crippen molar-refractivity contribution >= 4 is 11.7 Å². The first kappa shape index (κ1) is 13.5. The molecule has 7 heteroatoms. The number of hydrogen-bond donors (Lipinski definition) is 1. The van der Waals surface area contributed by atoms with Gasteiger partial charge in [-0.3, -0.25) is 9.48 Å². The third kappa shape index (κ3) is 3.32. The number of benzene rings is 1. The van der Waals surface area contributed by atoms with Gasteiger partial charge in [0.25, 0.3) is 0 Å². The number of nitrogen functional groups attached to an aromatic ring is 1. The van der Waals surface area contributed by atoms with Gasteiger partial charge in [-0.05, 0) is 12.1 Å². The summed E-state index contributed by atoms with van der Waals surface area (Å²) in [6.07, 6.45) is 2.90. The summed E-state index contributed by atoms with van der Waals surface area (Å²) in [6, 6.07) is 5.79. The van der Waals surface area contributed by atoms with E-state index in [2.05, 4.69) is 5.10 Å². The van der Waals surface area contributed by atoms with Crippen molar-refractivity contribution in [2.24, 2.45) is 0 Å². The maximum Gasteiger partial charge on any atom is 0.328 e. The van der Waals surface area contributed by atoms with Crippen LogP contribution < -0.4 is 5.73 Å². The molecule has 1 aromatic heterocycles. The zero-order valence-electron chi connectivity index (χ0n) is 10.4. The van der Waals surface area contributed by atoms with Gasteiger partial charge < -0.3 is 10.5 Å². The zero-order valence-corrected chi connectivity index (χ0v) is 10.4. The van der Waals surface area contributed by atoms with Crippen LogP contribution in [0.25, 0.3) is 0 Å². The van der Waals surface area contributed by atoms with Crippen molar-refractivity contribution in [3.8, 4) is 6.07 Å². The van der Waals surface area contributed by atoms with E-state index in [0.29, 0.717) is 5.69 Å². The third-order valence-electron chi connectivity index (χ3n) is 2.52. The molecule has 0 aliphatic heterocycles. The van der Waals surface area contributed by atoms with Gasteiger partial charge in [0.2, 0.25) is 0 Å². The van der Waals surface area contributed by atoms with Gasteiger partial charge in [0.05, 0.1) is 23.5 Å². The van der Waals surface area contributed by atoms with Gasteiger partial charge in [0.1, 0.15) is 19.0 Å². The second-order valence-electron chi connectivity index (χ2n) is 4.05. The van der Waals surface area contributed by atoms with Crippen molar-refractivity contribution in [2.75, 3.05) is 5.73 Å². The van der Waals surface area contributed by atoms with Crippen LogP contribution in [-0.4, -0.2) is 15.7 Å². The maximum atomic E-state index is 13.5. The van der Waals surface area contributed by atoms with Crippen molar-refractivity contribution in [3.05, 3.63) is 47.5 Å². The fourth-order valence-electron chi connectivity index (χ4n) is 1.54. The number of carbonyl (C=O) groups excluding carboxylic acids is 1. The number of nitrogens with zero attached hydrogens (tertiary/aromatic N) is 3. The summed E-state index contributed by atoms with van der Waals surface area (Å²) in [4.78, 5) is 11.5. The lowest BCUT2D eigenvalue weighted by molar-refractivity contribution is -0.145. The molecule has 2 N–H and O–H groups in total. The molecule has 0 atom stereocenters. The number of hydrogen-bond acceptors (Lipinski definition) is 5. The van der Waals surface area contributed by atoms with E-state index in [4.69, 9.17) is 15.7 Å². The number of esters is 1. The van der Waals surface area contributed by atoms with Gasteiger partial charge in [0.15, 0.2) is 0 Å². The van der Waals surface area contributed by atoms with E-state index in [0.717, 1.165) is 6.07 Å². The molecule has 1 aromatic carbocycles. The summed E-state index contributed by atoms with van der Waals surface area (Å²) in [5.74, 6) is -1.14. The Kier molecular flexibility index (Phi) is 3.96. The summed E-state index contributed by atoms with van der Waals surface area (Å²) in [6.45, 7) is -0.303. The van der Waals surface area contributed by atoms with Crippen LogP contribution in [-0.2, 0) is 22.7 Å². The van der Waals surface area contributed by atoms with Gasteiger partial charge in [-0.15, -0.1) is 0 Å². The monoisotopic (exact) mass is 274 g/mol. The van der Waals surface area contributed by atoms with Crippen LogP contribution in [0, 0.1) is 17.1 Å². The smallest absolute Gasteiger partial charge is 0.328 e.